The van der Waals surface area contributed by atoms with E-state index in [2.05, 4.69) is 22.0 Å². The van der Waals surface area contributed by atoms with E-state index in [0.717, 1.165) is 16.7 Å². The average molecular weight is 363 g/mol. The molecule has 2 aromatic carbocycles. The first-order valence-corrected chi connectivity index (χ1v) is 8.56. The van der Waals surface area contributed by atoms with E-state index < -0.39 is 0 Å². The summed E-state index contributed by atoms with van der Waals surface area (Å²) in [7, 11) is 0. The van der Waals surface area contributed by atoms with Crippen molar-refractivity contribution in [3.8, 4) is 17.1 Å². The maximum absolute atomic E-state index is 12.3. The maximum Gasteiger partial charge on any atom is 0.251 e. The van der Waals surface area contributed by atoms with E-state index in [1.54, 1.807) is 24.3 Å². The Morgan fingerprint density at radius 3 is 2.52 bits per heavy atom. The Hall–Kier alpha value is -3.41. The molecule has 0 aliphatic carbocycles. The highest BCUT2D eigenvalue weighted by Crippen LogP contribution is 2.16. The molecule has 0 unspecified atom stereocenters. The summed E-state index contributed by atoms with van der Waals surface area (Å²) in [5, 5.41) is 6.72. The molecule has 6 nitrogen and oxygen atoms in total. The zero-order valence-electron chi connectivity index (χ0n) is 15.4. The molecular formula is C21H21N3O3. The first-order chi connectivity index (χ1) is 13.0. The lowest BCUT2D eigenvalue weighted by Gasteiger charge is -2.07. The van der Waals surface area contributed by atoms with Crippen LogP contribution in [0.3, 0.4) is 0 Å². The van der Waals surface area contributed by atoms with Crippen LogP contribution >= 0.6 is 0 Å². The summed E-state index contributed by atoms with van der Waals surface area (Å²) >= 11 is 0. The van der Waals surface area contributed by atoms with Crippen LogP contribution in [0.4, 0.5) is 0 Å². The first-order valence-electron chi connectivity index (χ1n) is 8.56. The Labute approximate surface area is 157 Å². The fourth-order valence-corrected chi connectivity index (χ4v) is 2.31. The summed E-state index contributed by atoms with van der Waals surface area (Å²) in [4.78, 5) is 16.6. The van der Waals surface area contributed by atoms with Crippen LogP contribution in [0, 0.1) is 6.92 Å². The van der Waals surface area contributed by atoms with Crippen LogP contribution in [0.1, 0.15) is 28.7 Å². The highest BCUT2D eigenvalue weighted by atomic mass is 16.5. The lowest BCUT2D eigenvalue weighted by Crippen LogP contribution is -2.22. The van der Waals surface area contributed by atoms with Gasteiger partial charge in [-0.05, 0) is 43.7 Å². The molecule has 0 aliphatic rings. The van der Waals surface area contributed by atoms with E-state index in [-0.39, 0.29) is 12.5 Å². The summed E-state index contributed by atoms with van der Waals surface area (Å²) in [6.07, 6.45) is 0. The largest absolute Gasteiger partial charge is 0.489 e. The van der Waals surface area contributed by atoms with Gasteiger partial charge in [-0.15, -0.1) is 0 Å². The molecule has 27 heavy (non-hydrogen) atoms. The predicted molar refractivity (Wildman–Crippen MR) is 102 cm³/mol. The molecule has 0 aliphatic heterocycles. The number of nitrogens with one attached hydrogen (secondary N) is 1. The minimum atomic E-state index is -0.225. The molecule has 1 heterocycles. The number of benzene rings is 2. The number of ether oxygens (including phenoxy) is 1. The van der Waals surface area contributed by atoms with Crippen LogP contribution in [0.15, 0.2) is 65.2 Å². The van der Waals surface area contributed by atoms with E-state index in [9.17, 15) is 4.79 Å². The van der Waals surface area contributed by atoms with E-state index in [1.807, 2.05) is 38.1 Å². The van der Waals surface area contributed by atoms with Crippen molar-refractivity contribution in [2.24, 2.45) is 0 Å². The quantitative estimate of drug-likeness (QED) is 0.644. The third kappa shape index (κ3) is 5.04. The molecule has 6 heteroatoms. The molecule has 138 valence electrons. The minimum Gasteiger partial charge on any atom is -0.489 e. The van der Waals surface area contributed by atoms with Gasteiger partial charge in [0, 0.05) is 11.1 Å². The molecule has 0 saturated carbocycles. The van der Waals surface area contributed by atoms with Crippen LogP contribution in [0.25, 0.3) is 11.4 Å². The monoisotopic (exact) mass is 363 g/mol. The van der Waals surface area contributed by atoms with Gasteiger partial charge in [0.15, 0.2) is 0 Å². The minimum absolute atomic E-state index is 0.158. The summed E-state index contributed by atoms with van der Waals surface area (Å²) in [5.74, 6) is 1.31. The van der Waals surface area contributed by atoms with Crippen molar-refractivity contribution < 1.29 is 14.1 Å². The molecule has 3 aromatic rings. The van der Waals surface area contributed by atoms with E-state index in [0.29, 0.717) is 29.6 Å². The lowest BCUT2D eigenvalue weighted by atomic mass is 10.1. The first kappa shape index (κ1) is 18.4. The normalized spacial score (nSPS) is 10.4. The van der Waals surface area contributed by atoms with Gasteiger partial charge in [-0.1, -0.05) is 41.6 Å². The number of aryl methyl sites for hydroxylation is 1. The number of hydrogen-bond acceptors (Lipinski definition) is 5. The van der Waals surface area contributed by atoms with Gasteiger partial charge in [-0.2, -0.15) is 4.98 Å². The molecule has 3 rings (SSSR count). The Morgan fingerprint density at radius 2 is 1.85 bits per heavy atom. The highest BCUT2D eigenvalue weighted by Gasteiger charge is 2.11. The van der Waals surface area contributed by atoms with Crippen molar-refractivity contribution in [2.75, 3.05) is 6.61 Å². The second kappa shape index (κ2) is 8.31. The number of nitrogens with zero attached hydrogens (tertiary/aromatic N) is 2. The smallest absolute Gasteiger partial charge is 0.251 e. The standard InChI is InChI=1S/C21H21N3O3/c1-14(2)13-26-18-10-8-17(9-11-18)21(25)22-12-19-23-20(24-27-19)16-6-4-15(3)5-7-16/h4-11H,1,12-13H2,2-3H3,(H,22,25). The molecule has 0 bridgehead atoms. The van der Waals surface area contributed by atoms with E-state index >= 15 is 0 Å². The highest BCUT2D eigenvalue weighted by molar-refractivity contribution is 5.94. The zero-order chi connectivity index (χ0) is 19.2. The van der Waals surface area contributed by atoms with Gasteiger partial charge < -0.3 is 14.6 Å². The third-order valence-corrected chi connectivity index (χ3v) is 3.78. The van der Waals surface area contributed by atoms with E-state index in [4.69, 9.17) is 9.26 Å². The van der Waals surface area contributed by atoms with Gasteiger partial charge in [0.2, 0.25) is 11.7 Å². The van der Waals surface area contributed by atoms with Crippen molar-refractivity contribution in [3.05, 3.63) is 77.7 Å². The second-order valence-corrected chi connectivity index (χ2v) is 6.33. The van der Waals surface area contributed by atoms with Crippen molar-refractivity contribution in [3.63, 3.8) is 0 Å². The molecular weight excluding hydrogens is 342 g/mol. The molecule has 0 fully saturated rings. The molecule has 0 saturated heterocycles. The third-order valence-electron chi connectivity index (χ3n) is 3.78. The average Bonchev–Trinajstić information content (AvgIpc) is 3.14. The number of hydrogen-bond donors (Lipinski definition) is 1. The number of aromatic nitrogens is 2. The van der Waals surface area contributed by atoms with Crippen molar-refractivity contribution in [1.29, 1.82) is 0 Å². The summed E-state index contributed by atoms with van der Waals surface area (Å²) in [6.45, 7) is 8.30. The SMILES string of the molecule is C=C(C)COc1ccc(C(=O)NCc2nc(-c3ccc(C)cc3)no2)cc1. The molecule has 0 atom stereocenters. The topological polar surface area (TPSA) is 77.2 Å². The number of carbonyl (C=O) groups is 1. The van der Waals surface area contributed by atoms with Crippen LogP contribution in [0.2, 0.25) is 0 Å². The van der Waals surface area contributed by atoms with Crippen LogP contribution in [-0.4, -0.2) is 22.7 Å². The van der Waals surface area contributed by atoms with Crippen LogP contribution in [0.5, 0.6) is 5.75 Å². The van der Waals surface area contributed by atoms with Crippen molar-refractivity contribution >= 4 is 5.91 Å². The Morgan fingerprint density at radius 1 is 1.15 bits per heavy atom. The Balaban J connectivity index is 1.56. The number of amides is 1. The van der Waals surface area contributed by atoms with Gasteiger partial charge in [0.25, 0.3) is 5.91 Å². The van der Waals surface area contributed by atoms with Crippen LogP contribution < -0.4 is 10.1 Å². The van der Waals surface area contributed by atoms with Gasteiger partial charge in [0.1, 0.15) is 12.4 Å². The fraction of sp³-hybridized carbons (Fsp3) is 0.190. The molecule has 1 amide bonds. The van der Waals surface area contributed by atoms with Gasteiger partial charge >= 0.3 is 0 Å². The Bertz CT molecular complexity index is 928. The lowest BCUT2D eigenvalue weighted by molar-refractivity contribution is 0.0946. The molecule has 0 spiro atoms. The zero-order valence-corrected chi connectivity index (χ0v) is 15.4. The van der Waals surface area contributed by atoms with Gasteiger partial charge in [-0.3, -0.25) is 4.79 Å². The number of rotatable bonds is 7. The van der Waals surface area contributed by atoms with Crippen molar-refractivity contribution in [1.82, 2.24) is 15.5 Å². The molecule has 0 radical (unpaired) electrons. The summed E-state index contributed by atoms with van der Waals surface area (Å²) < 4.78 is 10.7. The molecule has 1 aromatic heterocycles. The van der Waals surface area contributed by atoms with Gasteiger partial charge in [0.05, 0.1) is 6.54 Å². The fourth-order valence-electron chi connectivity index (χ4n) is 2.31. The maximum atomic E-state index is 12.3. The summed E-state index contributed by atoms with van der Waals surface area (Å²) in [5.41, 5.74) is 3.48. The molecule has 1 N–H and O–H groups in total. The second-order valence-electron chi connectivity index (χ2n) is 6.33. The Kier molecular flexibility index (Phi) is 5.66. The predicted octanol–water partition coefficient (Wildman–Crippen LogP) is 3.93. The van der Waals surface area contributed by atoms with Gasteiger partial charge in [-0.25, -0.2) is 0 Å². The summed E-state index contributed by atoms with van der Waals surface area (Å²) in [6, 6.07) is 14.7. The van der Waals surface area contributed by atoms with Crippen molar-refractivity contribution in [2.45, 2.75) is 20.4 Å². The van der Waals surface area contributed by atoms with E-state index in [1.165, 1.54) is 0 Å². The number of carbonyl (C=O) groups excluding carboxylic acids is 1. The van der Waals surface area contributed by atoms with Crippen LogP contribution in [-0.2, 0) is 6.54 Å².